The smallest absolute Gasteiger partial charge is 0.360 e. The molecule has 2 heterocycles. The van der Waals surface area contributed by atoms with Gasteiger partial charge in [0.2, 0.25) is 0 Å². The summed E-state index contributed by atoms with van der Waals surface area (Å²) in [6.07, 6.45) is 1.41. The van der Waals surface area contributed by atoms with Gasteiger partial charge < -0.3 is 4.74 Å². The topological polar surface area (TPSA) is 74.1 Å². The lowest BCUT2D eigenvalue weighted by Crippen LogP contribution is -2.10. The predicted molar refractivity (Wildman–Crippen MR) is 64.6 cm³/mol. The molecular weight excluding hydrogens is 254 g/mol. The van der Waals surface area contributed by atoms with Crippen molar-refractivity contribution < 1.29 is 14.3 Å². The molecular formula is C11H11N3O3S. The van der Waals surface area contributed by atoms with Gasteiger partial charge in [-0.1, -0.05) is 5.21 Å². The van der Waals surface area contributed by atoms with Crippen LogP contribution in [0, 0.1) is 0 Å². The summed E-state index contributed by atoms with van der Waals surface area (Å²) in [5.74, 6) is -0.608. The Hall–Kier alpha value is -2.02. The number of carbonyl (C=O) groups is 2. The number of hydrogen-bond acceptors (Lipinski definition) is 6. The van der Waals surface area contributed by atoms with E-state index in [0.29, 0.717) is 5.56 Å². The van der Waals surface area contributed by atoms with Crippen molar-refractivity contribution in [2.24, 2.45) is 0 Å². The van der Waals surface area contributed by atoms with E-state index in [1.54, 1.807) is 18.4 Å². The standard InChI is InChI=1S/C11H11N3O3S/c1-2-17-11(16)9-5-14(13-12-9)6-10(15)8-3-4-18-7-8/h3-5,7H,2,6H2,1H3. The van der Waals surface area contributed by atoms with E-state index in [9.17, 15) is 9.59 Å². The van der Waals surface area contributed by atoms with Gasteiger partial charge in [0, 0.05) is 10.9 Å². The number of nitrogens with zero attached hydrogens (tertiary/aromatic N) is 3. The number of aromatic nitrogens is 3. The van der Waals surface area contributed by atoms with E-state index in [-0.39, 0.29) is 24.6 Å². The molecule has 2 aromatic heterocycles. The molecule has 0 radical (unpaired) electrons. The maximum Gasteiger partial charge on any atom is 0.360 e. The van der Waals surface area contributed by atoms with Gasteiger partial charge in [-0.2, -0.15) is 11.3 Å². The number of Topliss-reactive ketones (excluding diaryl/α,β-unsaturated/α-hetero) is 1. The van der Waals surface area contributed by atoms with Crippen LogP contribution in [0.25, 0.3) is 0 Å². The van der Waals surface area contributed by atoms with E-state index in [4.69, 9.17) is 4.74 Å². The molecule has 2 rings (SSSR count). The molecule has 18 heavy (non-hydrogen) atoms. The number of rotatable bonds is 5. The molecule has 0 aliphatic rings. The molecule has 0 fully saturated rings. The van der Waals surface area contributed by atoms with Gasteiger partial charge in [0.05, 0.1) is 12.8 Å². The van der Waals surface area contributed by atoms with Crippen molar-refractivity contribution in [2.75, 3.05) is 6.61 Å². The van der Waals surface area contributed by atoms with E-state index < -0.39 is 5.97 Å². The molecule has 0 N–H and O–H groups in total. The second-order valence-corrected chi connectivity index (χ2v) is 4.24. The van der Waals surface area contributed by atoms with Gasteiger partial charge in [-0.25, -0.2) is 9.48 Å². The summed E-state index contributed by atoms with van der Waals surface area (Å²) < 4.78 is 6.11. The zero-order valence-corrected chi connectivity index (χ0v) is 10.5. The van der Waals surface area contributed by atoms with Crippen LogP contribution in [-0.2, 0) is 11.3 Å². The lowest BCUT2D eigenvalue weighted by Gasteiger charge is -1.97. The van der Waals surface area contributed by atoms with Crippen LogP contribution in [0.5, 0.6) is 0 Å². The van der Waals surface area contributed by atoms with Crippen molar-refractivity contribution in [1.29, 1.82) is 0 Å². The Morgan fingerprint density at radius 1 is 1.50 bits per heavy atom. The Kier molecular flexibility index (Phi) is 3.83. The minimum absolute atomic E-state index is 0.0587. The van der Waals surface area contributed by atoms with Gasteiger partial charge in [0.25, 0.3) is 0 Å². The Labute approximate surface area is 107 Å². The third kappa shape index (κ3) is 2.80. The molecule has 0 spiro atoms. The van der Waals surface area contributed by atoms with Crippen LogP contribution < -0.4 is 0 Å². The Morgan fingerprint density at radius 2 is 2.33 bits per heavy atom. The van der Waals surface area contributed by atoms with Crippen molar-refractivity contribution in [2.45, 2.75) is 13.5 Å². The first-order chi connectivity index (χ1) is 8.70. The fourth-order valence-electron chi connectivity index (χ4n) is 1.34. The highest BCUT2D eigenvalue weighted by atomic mass is 32.1. The summed E-state index contributed by atoms with van der Waals surface area (Å²) in [6.45, 7) is 2.05. The molecule has 7 heteroatoms. The number of esters is 1. The molecule has 0 unspecified atom stereocenters. The van der Waals surface area contributed by atoms with E-state index >= 15 is 0 Å². The molecule has 6 nitrogen and oxygen atoms in total. The first-order valence-electron chi connectivity index (χ1n) is 5.33. The lowest BCUT2D eigenvalue weighted by molar-refractivity contribution is 0.0519. The second kappa shape index (κ2) is 5.54. The highest BCUT2D eigenvalue weighted by Crippen LogP contribution is 2.08. The fourth-order valence-corrected chi connectivity index (χ4v) is 2.00. The fraction of sp³-hybridized carbons (Fsp3) is 0.273. The molecule has 0 amide bonds. The van der Waals surface area contributed by atoms with Crippen molar-refractivity contribution >= 4 is 23.1 Å². The van der Waals surface area contributed by atoms with Crippen molar-refractivity contribution in [3.63, 3.8) is 0 Å². The molecule has 0 aliphatic heterocycles. The van der Waals surface area contributed by atoms with Crippen LogP contribution >= 0.6 is 11.3 Å². The monoisotopic (exact) mass is 265 g/mol. The van der Waals surface area contributed by atoms with Crippen LogP contribution in [0.15, 0.2) is 23.0 Å². The number of ether oxygens (including phenoxy) is 1. The summed E-state index contributed by atoms with van der Waals surface area (Å²) in [5.41, 5.74) is 0.739. The van der Waals surface area contributed by atoms with Gasteiger partial charge in [0.15, 0.2) is 11.5 Å². The average Bonchev–Trinajstić information content (AvgIpc) is 2.99. The van der Waals surface area contributed by atoms with Crippen molar-refractivity contribution in [3.05, 3.63) is 34.3 Å². The molecule has 0 saturated carbocycles. The highest BCUT2D eigenvalue weighted by molar-refractivity contribution is 7.08. The van der Waals surface area contributed by atoms with E-state index in [1.807, 2.05) is 5.38 Å². The van der Waals surface area contributed by atoms with Crippen LogP contribution in [0.2, 0.25) is 0 Å². The maximum atomic E-state index is 11.8. The number of carbonyl (C=O) groups excluding carboxylic acids is 2. The van der Waals surface area contributed by atoms with Crippen molar-refractivity contribution in [1.82, 2.24) is 15.0 Å². The quantitative estimate of drug-likeness (QED) is 0.603. The summed E-state index contributed by atoms with van der Waals surface area (Å²) in [4.78, 5) is 23.1. The van der Waals surface area contributed by atoms with Gasteiger partial charge >= 0.3 is 5.97 Å². The van der Waals surface area contributed by atoms with Gasteiger partial charge in [0.1, 0.15) is 6.54 Å². The SMILES string of the molecule is CCOC(=O)c1cn(CC(=O)c2ccsc2)nn1. The molecule has 0 aliphatic carbocycles. The zero-order chi connectivity index (χ0) is 13.0. The molecule has 0 aromatic carbocycles. The van der Waals surface area contributed by atoms with Gasteiger partial charge in [-0.05, 0) is 18.4 Å². The van der Waals surface area contributed by atoms with E-state index in [2.05, 4.69) is 10.3 Å². The minimum atomic E-state index is -0.535. The number of hydrogen-bond donors (Lipinski definition) is 0. The Bertz CT molecular complexity index is 548. The normalized spacial score (nSPS) is 10.3. The lowest BCUT2D eigenvalue weighted by atomic mass is 10.2. The van der Waals surface area contributed by atoms with Crippen molar-refractivity contribution in [3.8, 4) is 0 Å². The molecule has 2 aromatic rings. The van der Waals surface area contributed by atoms with E-state index in [1.165, 1.54) is 22.2 Å². The zero-order valence-electron chi connectivity index (χ0n) is 9.70. The maximum absolute atomic E-state index is 11.8. The van der Waals surface area contributed by atoms with Crippen LogP contribution in [-0.4, -0.2) is 33.4 Å². The number of ketones is 1. The molecule has 0 saturated heterocycles. The largest absolute Gasteiger partial charge is 0.461 e. The summed E-state index contributed by atoms with van der Waals surface area (Å²) in [7, 11) is 0. The van der Waals surface area contributed by atoms with Crippen LogP contribution in [0.3, 0.4) is 0 Å². The predicted octanol–water partition coefficient (Wildman–Crippen LogP) is 1.40. The third-order valence-electron chi connectivity index (χ3n) is 2.17. The van der Waals surface area contributed by atoms with Gasteiger partial charge in [-0.15, -0.1) is 5.10 Å². The molecule has 0 atom stereocenters. The summed E-state index contributed by atoms with van der Waals surface area (Å²) in [6, 6.07) is 1.75. The van der Waals surface area contributed by atoms with E-state index in [0.717, 1.165) is 0 Å². The first-order valence-corrected chi connectivity index (χ1v) is 6.27. The number of thiophene rings is 1. The van der Waals surface area contributed by atoms with Crippen LogP contribution in [0.1, 0.15) is 27.8 Å². The minimum Gasteiger partial charge on any atom is -0.461 e. The third-order valence-corrected chi connectivity index (χ3v) is 2.86. The Morgan fingerprint density at radius 3 is 3.00 bits per heavy atom. The summed E-state index contributed by atoms with van der Waals surface area (Å²) >= 11 is 1.45. The highest BCUT2D eigenvalue weighted by Gasteiger charge is 2.13. The van der Waals surface area contributed by atoms with Crippen LogP contribution in [0.4, 0.5) is 0 Å². The first kappa shape index (κ1) is 12.4. The molecule has 0 bridgehead atoms. The molecule has 94 valence electrons. The average molecular weight is 265 g/mol. The van der Waals surface area contributed by atoms with Gasteiger partial charge in [-0.3, -0.25) is 4.79 Å². The second-order valence-electron chi connectivity index (χ2n) is 3.46. The Balaban J connectivity index is 2.03. The summed E-state index contributed by atoms with van der Waals surface area (Å²) in [5, 5.41) is 11.0.